The molecule has 0 unspecified atom stereocenters. The Balaban J connectivity index is 1.33. The van der Waals surface area contributed by atoms with Crippen LogP contribution in [0.1, 0.15) is 11.3 Å². The summed E-state index contributed by atoms with van der Waals surface area (Å²) in [5, 5.41) is 4.39. The average Bonchev–Trinajstić information content (AvgIpc) is 3.10. The molecular formula is C21H23FN6. The zero-order valence-electron chi connectivity index (χ0n) is 15.9. The standard InChI is InChI=1S/C21H23FN6/c1-17-18(16-25-28(17)21-23-9-5-10-24-21)6-4-11-26-12-14-27(15-13-26)20-8-3-2-7-19(20)22/h2-10,16H,11-15H2,1H3. The number of nitrogens with zero attached hydrogens (tertiary/aromatic N) is 6. The summed E-state index contributed by atoms with van der Waals surface area (Å²) in [4.78, 5) is 13.0. The minimum atomic E-state index is -0.147. The Morgan fingerprint density at radius 1 is 1.04 bits per heavy atom. The first-order valence-electron chi connectivity index (χ1n) is 9.43. The summed E-state index contributed by atoms with van der Waals surface area (Å²) < 4.78 is 15.7. The highest BCUT2D eigenvalue weighted by molar-refractivity contribution is 5.52. The second-order valence-electron chi connectivity index (χ2n) is 6.79. The maximum atomic E-state index is 13.9. The van der Waals surface area contributed by atoms with Gasteiger partial charge in [0.25, 0.3) is 5.95 Å². The van der Waals surface area contributed by atoms with E-state index in [9.17, 15) is 4.39 Å². The van der Waals surface area contributed by atoms with Crippen molar-refractivity contribution >= 4 is 11.8 Å². The van der Waals surface area contributed by atoms with Gasteiger partial charge in [-0.2, -0.15) is 5.10 Å². The van der Waals surface area contributed by atoms with Crippen LogP contribution < -0.4 is 4.90 Å². The molecule has 0 saturated carbocycles. The molecular weight excluding hydrogens is 355 g/mol. The Labute approximate surface area is 164 Å². The summed E-state index contributed by atoms with van der Waals surface area (Å²) in [6.07, 6.45) is 9.49. The summed E-state index contributed by atoms with van der Waals surface area (Å²) in [5.74, 6) is 0.426. The van der Waals surface area contributed by atoms with Crippen LogP contribution in [0.3, 0.4) is 0 Å². The zero-order chi connectivity index (χ0) is 19.3. The average molecular weight is 378 g/mol. The first-order valence-corrected chi connectivity index (χ1v) is 9.43. The third-order valence-electron chi connectivity index (χ3n) is 5.02. The van der Waals surface area contributed by atoms with Gasteiger partial charge in [0.2, 0.25) is 0 Å². The van der Waals surface area contributed by atoms with Crippen LogP contribution in [0.15, 0.2) is 55.0 Å². The monoisotopic (exact) mass is 378 g/mol. The van der Waals surface area contributed by atoms with Gasteiger partial charge in [-0.1, -0.05) is 24.3 Å². The molecule has 1 saturated heterocycles. The van der Waals surface area contributed by atoms with E-state index < -0.39 is 0 Å². The third-order valence-corrected chi connectivity index (χ3v) is 5.02. The molecule has 4 rings (SSSR count). The van der Waals surface area contributed by atoms with Crippen molar-refractivity contribution in [1.82, 2.24) is 24.6 Å². The second kappa shape index (κ2) is 8.31. The molecule has 6 nitrogen and oxygen atoms in total. The van der Waals surface area contributed by atoms with Crippen molar-refractivity contribution in [3.8, 4) is 5.95 Å². The highest BCUT2D eigenvalue weighted by Gasteiger charge is 2.18. The minimum absolute atomic E-state index is 0.147. The highest BCUT2D eigenvalue weighted by atomic mass is 19.1. The van der Waals surface area contributed by atoms with Gasteiger partial charge in [-0.25, -0.2) is 19.0 Å². The summed E-state index contributed by atoms with van der Waals surface area (Å²) in [5.41, 5.74) is 2.76. The van der Waals surface area contributed by atoms with Gasteiger partial charge in [0, 0.05) is 50.7 Å². The van der Waals surface area contributed by atoms with E-state index in [1.54, 1.807) is 29.2 Å². The highest BCUT2D eigenvalue weighted by Crippen LogP contribution is 2.20. The number of anilines is 1. The van der Waals surface area contributed by atoms with Gasteiger partial charge >= 0.3 is 0 Å². The molecule has 0 N–H and O–H groups in total. The molecule has 0 atom stereocenters. The van der Waals surface area contributed by atoms with Crippen LogP contribution in [0.4, 0.5) is 10.1 Å². The van der Waals surface area contributed by atoms with E-state index in [0.29, 0.717) is 11.6 Å². The van der Waals surface area contributed by atoms with Gasteiger partial charge in [0.1, 0.15) is 5.82 Å². The molecule has 2 aromatic heterocycles. The Kier molecular flexibility index (Phi) is 5.43. The summed E-state index contributed by atoms with van der Waals surface area (Å²) in [6.45, 7) is 6.35. The third kappa shape index (κ3) is 3.94. The first kappa shape index (κ1) is 18.3. The molecule has 3 aromatic rings. The van der Waals surface area contributed by atoms with Gasteiger partial charge in [-0.15, -0.1) is 0 Å². The minimum Gasteiger partial charge on any atom is -0.367 e. The van der Waals surface area contributed by atoms with Crippen LogP contribution in [-0.2, 0) is 0 Å². The summed E-state index contributed by atoms with van der Waals surface area (Å²) in [6, 6.07) is 8.77. The van der Waals surface area contributed by atoms with Crippen LogP contribution in [0, 0.1) is 12.7 Å². The Morgan fingerprint density at radius 2 is 1.79 bits per heavy atom. The lowest BCUT2D eigenvalue weighted by Gasteiger charge is -2.35. The molecule has 0 spiro atoms. The van der Waals surface area contributed by atoms with E-state index in [1.165, 1.54) is 6.07 Å². The first-order chi connectivity index (χ1) is 13.7. The molecule has 0 bridgehead atoms. The van der Waals surface area contributed by atoms with E-state index in [0.717, 1.165) is 44.0 Å². The number of hydrogen-bond donors (Lipinski definition) is 0. The molecule has 28 heavy (non-hydrogen) atoms. The van der Waals surface area contributed by atoms with Crippen molar-refractivity contribution in [3.05, 3.63) is 72.1 Å². The van der Waals surface area contributed by atoms with Crippen molar-refractivity contribution in [2.45, 2.75) is 6.92 Å². The van der Waals surface area contributed by atoms with Crippen LogP contribution in [0.5, 0.6) is 0 Å². The van der Waals surface area contributed by atoms with Crippen molar-refractivity contribution in [1.29, 1.82) is 0 Å². The SMILES string of the molecule is Cc1c(C=CCN2CCN(c3ccccc3F)CC2)cnn1-c1ncccn1. The van der Waals surface area contributed by atoms with Gasteiger partial charge in [-0.05, 0) is 25.1 Å². The van der Waals surface area contributed by atoms with Crippen LogP contribution in [-0.4, -0.2) is 57.4 Å². The van der Waals surface area contributed by atoms with Crippen molar-refractivity contribution in [3.63, 3.8) is 0 Å². The van der Waals surface area contributed by atoms with E-state index in [-0.39, 0.29) is 5.82 Å². The number of rotatable bonds is 5. The number of halogens is 1. The Bertz CT molecular complexity index is 945. The number of piperazine rings is 1. The van der Waals surface area contributed by atoms with Gasteiger partial charge in [-0.3, -0.25) is 4.90 Å². The largest absolute Gasteiger partial charge is 0.367 e. The number of benzene rings is 1. The predicted octanol–water partition coefficient (Wildman–Crippen LogP) is 2.95. The summed E-state index contributed by atoms with van der Waals surface area (Å²) >= 11 is 0. The molecule has 1 fully saturated rings. The molecule has 7 heteroatoms. The lowest BCUT2D eigenvalue weighted by atomic mass is 10.2. The van der Waals surface area contributed by atoms with E-state index in [1.807, 2.05) is 25.3 Å². The Morgan fingerprint density at radius 3 is 2.54 bits per heavy atom. The lowest BCUT2D eigenvalue weighted by molar-refractivity contribution is 0.283. The molecule has 1 aliphatic rings. The van der Waals surface area contributed by atoms with Crippen molar-refractivity contribution in [2.75, 3.05) is 37.6 Å². The van der Waals surface area contributed by atoms with Crippen molar-refractivity contribution in [2.24, 2.45) is 0 Å². The molecule has 3 heterocycles. The topological polar surface area (TPSA) is 50.1 Å². The van der Waals surface area contributed by atoms with E-state index in [2.05, 4.69) is 37.0 Å². The van der Waals surface area contributed by atoms with Gasteiger partial charge < -0.3 is 4.90 Å². The maximum Gasteiger partial charge on any atom is 0.250 e. The fraction of sp³-hybridized carbons (Fsp3) is 0.286. The van der Waals surface area contributed by atoms with Gasteiger partial charge in [0.15, 0.2) is 0 Å². The molecule has 0 amide bonds. The van der Waals surface area contributed by atoms with Gasteiger partial charge in [0.05, 0.1) is 17.6 Å². The lowest BCUT2D eigenvalue weighted by Crippen LogP contribution is -2.46. The maximum absolute atomic E-state index is 13.9. The molecule has 1 aliphatic heterocycles. The van der Waals surface area contributed by atoms with Crippen LogP contribution in [0.25, 0.3) is 12.0 Å². The molecule has 1 aromatic carbocycles. The van der Waals surface area contributed by atoms with E-state index >= 15 is 0 Å². The molecule has 0 radical (unpaired) electrons. The predicted molar refractivity (Wildman–Crippen MR) is 108 cm³/mol. The fourth-order valence-corrected chi connectivity index (χ4v) is 3.40. The van der Waals surface area contributed by atoms with E-state index in [4.69, 9.17) is 0 Å². The second-order valence-corrected chi connectivity index (χ2v) is 6.79. The number of para-hydroxylation sites is 1. The molecule has 0 aliphatic carbocycles. The number of aromatic nitrogens is 4. The normalized spacial score (nSPS) is 15.4. The summed E-state index contributed by atoms with van der Waals surface area (Å²) in [7, 11) is 0. The zero-order valence-corrected chi connectivity index (χ0v) is 15.9. The fourth-order valence-electron chi connectivity index (χ4n) is 3.40. The van der Waals surface area contributed by atoms with Crippen LogP contribution >= 0.6 is 0 Å². The molecule has 144 valence electrons. The number of hydrogen-bond acceptors (Lipinski definition) is 5. The Hall–Kier alpha value is -3.06. The van der Waals surface area contributed by atoms with Crippen molar-refractivity contribution < 1.29 is 4.39 Å². The smallest absolute Gasteiger partial charge is 0.250 e. The quantitative estimate of drug-likeness (QED) is 0.683. The van der Waals surface area contributed by atoms with Crippen LogP contribution in [0.2, 0.25) is 0 Å².